The van der Waals surface area contributed by atoms with E-state index in [1.807, 2.05) is 43.0 Å². The van der Waals surface area contributed by atoms with Gasteiger partial charge in [0.2, 0.25) is 5.91 Å². The molecule has 2 aliphatic rings. The average Bonchev–Trinajstić information content (AvgIpc) is 2.89. The highest BCUT2D eigenvalue weighted by Crippen LogP contribution is 2.30. The summed E-state index contributed by atoms with van der Waals surface area (Å²) in [5.74, 6) is 0.215. The van der Waals surface area contributed by atoms with Crippen LogP contribution >= 0.6 is 0 Å². The molecule has 1 aromatic carbocycles. The molecule has 0 aromatic heterocycles. The highest BCUT2D eigenvalue weighted by atomic mass is 16.3. The van der Waals surface area contributed by atoms with Crippen LogP contribution in [-0.2, 0) is 11.3 Å². The van der Waals surface area contributed by atoms with Crippen molar-refractivity contribution in [2.24, 2.45) is 5.92 Å². The predicted molar refractivity (Wildman–Crippen MR) is 91.4 cm³/mol. The molecule has 2 aliphatic heterocycles. The summed E-state index contributed by atoms with van der Waals surface area (Å²) in [4.78, 5) is 28.4. The number of likely N-dealkylation sites (tertiary alicyclic amines) is 1. The fraction of sp³-hybridized carbons (Fsp3) is 0.579. The van der Waals surface area contributed by atoms with Crippen molar-refractivity contribution in [1.82, 2.24) is 9.80 Å². The number of hydrogen-bond acceptors (Lipinski definition) is 3. The molecule has 0 bridgehead atoms. The fourth-order valence-corrected chi connectivity index (χ4v) is 3.80. The minimum Gasteiger partial charge on any atom is -0.390 e. The highest BCUT2D eigenvalue weighted by Gasteiger charge is 2.38. The van der Waals surface area contributed by atoms with Gasteiger partial charge in [-0.05, 0) is 31.4 Å². The first kappa shape index (κ1) is 17.0. The van der Waals surface area contributed by atoms with Gasteiger partial charge in [0.15, 0.2) is 0 Å². The van der Waals surface area contributed by atoms with Crippen molar-refractivity contribution in [2.45, 2.75) is 45.3 Å². The maximum absolute atomic E-state index is 12.5. The van der Waals surface area contributed by atoms with Gasteiger partial charge in [0.1, 0.15) is 0 Å². The lowest BCUT2D eigenvalue weighted by Crippen LogP contribution is -2.52. The van der Waals surface area contributed by atoms with E-state index in [1.54, 1.807) is 4.90 Å². The summed E-state index contributed by atoms with van der Waals surface area (Å²) in [7, 11) is 0. The van der Waals surface area contributed by atoms with Gasteiger partial charge in [0.05, 0.1) is 5.60 Å². The molecule has 0 saturated carbocycles. The van der Waals surface area contributed by atoms with E-state index >= 15 is 0 Å². The third-order valence-electron chi connectivity index (χ3n) is 5.55. The molecule has 0 spiro atoms. The van der Waals surface area contributed by atoms with Crippen molar-refractivity contribution in [2.75, 3.05) is 19.6 Å². The van der Waals surface area contributed by atoms with Crippen molar-refractivity contribution < 1.29 is 14.7 Å². The maximum Gasteiger partial charge on any atom is 0.254 e. The van der Waals surface area contributed by atoms with Crippen LogP contribution in [0, 0.1) is 5.92 Å². The lowest BCUT2D eigenvalue weighted by molar-refractivity contribution is -0.139. The quantitative estimate of drug-likeness (QED) is 0.919. The minimum atomic E-state index is -0.682. The zero-order valence-corrected chi connectivity index (χ0v) is 14.5. The van der Waals surface area contributed by atoms with E-state index in [0.717, 1.165) is 17.5 Å². The largest absolute Gasteiger partial charge is 0.390 e. The Balaban J connectivity index is 1.55. The van der Waals surface area contributed by atoms with Crippen LogP contribution in [0.25, 0.3) is 0 Å². The molecule has 2 atom stereocenters. The highest BCUT2D eigenvalue weighted by molar-refractivity contribution is 5.98. The number of amides is 2. The monoisotopic (exact) mass is 330 g/mol. The zero-order valence-electron chi connectivity index (χ0n) is 14.5. The summed E-state index contributed by atoms with van der Waals surface area (Å²) in [6.45, 7) is 6.16. The molecular weight excluding hydrogens is 304 g/mol. The van der Waals surface area contributed by atoms with Gasteiger partial charge >= 0.3 is 0 Å². The molecule has 1 aromatic rings. The van der Waals surface area contributed by atoms with Crippen LogP contribution in [0.3, 0.4) is 0 Å². The van der Waals surface area contributed by atoms with E-state index in [9.17, 15) is 14.7 Å². The number of benzene rings is 1. The molecule has 2 amide bonds. The van der Waals surface area contributed by atoms with Crippen LogP contribution < -0.4 is 0 Å². The second-order valence-electron chi connectivity index (χ2n) is 7.19. The molecule has 1 N–H and O–H groups in total. The summed E-state index contributed by atoms with van der Waals surface area (Å²) >= 11 is 0. The first-order chi connectivity index (χ1) is 11.4. The van der Waals surface area contributed by atoms with Crippen molar-refractivity contribution in [3.8, 4) is 0 Å². The lowest BCUT2D eigenvalue weighted by Gasteiger charge is -2.42. The Labute approximate surface area is 143 Å². The van der Waals surface area contributed by atoms with Crippen molar-refractivity contribution in [3.05, 3.63) is 35.4 Å². The maximum atomic E-state index is 12.5. The Morgan fingerprint density at radius 2 is 2.12 bits per heavy atom. The Bertz CT molecular complexity index is 641. The Morgan fingerprint density at radius 3 is 2.83 bits per heavy atom. The molecule has 0 radical (unpaired) electrons. The molecule has 3 rings (SSSR count). The van der Waals surface area contributed by atoms with Gasteiger partial charge < -0.3 is 14.9 Å². The molecular formula is C19H26N2O3. The van der Waals surface area contributed by atoms with Gasteiger partial charge in [-0.1, -0.05) is 25.1 Å². The summed E-state index contributed by atoms with van der Waals surface area (Å²) in [5, 5.41) is 10.4. The number of hydrogen-bond donors (Lipinski definition) is 1. The molecule has 1 fully saturated rings. The van der Waals surface area contributed by atoms with Crippen LogP contribution in [0.2, 0.25) is 0 Å². The van der Waals surface area contributed by atoms with Gasteiger partial charge in [0, 0.05) is 44.1 Å². The molecule has 1 saturated heterocycles. The topological polar surface area (TPSA) is 60.9 Å². The third-order valence-corrected chi connectivity index (χ3v) is 5.55. The van der Waals surface area contributed by atoms with Gasteiger partial charge in [-0.3, -0.25) is 9.59 Å². The Hall–Kier alpha value is -1.88. The molecule has 0 aliphatic carbocycles. The number of piperidine rings is 1. The van der Waals surface area contributed by atoms with Crippen LogP contribution in [0.5, 0.6) is 0 Å². The van der Waals surface area contributed by atoms with Gasteiger partial charge in [-0.2, -0.15) is 0 Å². The van der Waals surface area contributed by atoms with Gasteiger partial charge in [-0.25, -0.2) is 0 Å². The lowest BCUT2D eigenvalue weighted by atomic mass is 9.81. The van der Waals surface area contributed by atoms with E-state index in [0.29, 0.717) is 39.0 Å². The van der Waals surface area contributed by atoms with Gasteiger partial charge in [-0.15, -0.1) is 0 Å². The van der Waals surface area contributed by atoms with E-state index in [1.165, 1.54) is 0 Å². The number of rotatable bonds is 4. The van der Waals surface area contributed by atoms with E-state index < -0.39 is 5.60 Å². The number of nitrogens with zero attached hydrogens (tertiary/aromatic N) is 2. The second kappa shape index (κ2) is 6.55. The van der Waals surface area contributed by atoms with E-state index in [4.69, 9.17) is 0 Å². The first-order valence-electron chi connectivity index (χ1n) is 8.79. The Kier molecular flexibility index (Phi) is 4.63. The molecule has 130 valence electrons. The number of fused-ring (bicyclic) bond motifs is 1. The molecule has 0 unspecified atom stereocenters. The second-order valence-corrected chi connectivity index (χ2v) is 7.19. The van der Waals surface area contributed by atoms with Crippen molar-refractivity contribution in [3.63, 3.8) is 0 Å². The first-order valence-corrected chi connectivity index (χ1v) is 8.79. The van der Waals surface area contributed by atoms with Crippen LogP contribution in [-0.4, -0.2) is 52.0 Å². The average molecular weight is 330 g/mol. The third kappa shape index (κ3) is 3.18. The predicted octanol–water partition coefficient (Wildman–Crippen LogP) is 2.04. The molecule has 24 heavy (non-hydrogen) atoms. The van der Waals surface area contributed by atoms with Gasteiger partial charge in [0.25, 0.3) is 5.91 Å². The Morgan fingerprint density at radius 1 is 1.38 bits per heavy atom. The molecule has 2 heterocycles. The molecule has 5 nitrogen and oxygen atoms in total. The van der Waals surface area contributed by atoms with E-state index in [2.05, 4.69) is 0 Å². The number of carbonyl (C=O) groups excluding carboxylic acids is 2. The van der Waals surface area contributed by atoms with Crippen LogP contribution in [0.1, 0.15) is 49.0 Å². The number of carbonyl (C=O) groups is 2. The zero-order chi connectivity index (χ0) is 17.3. The van der Waals surface area contributed by atoms with Crippen molar-refractivity contribution >= 4 is 11.8 Å². The standard InChI is InChI=1S/C19H26N2O3/c1-3-15-13-20(11-9-19(15,2)24)17(22)8-10-21-12-14-6-4-5-7-16(14)18(21)23/h4-7,15,24H,3,8-13H2,1-2H3/t15-,19+/m1/s1. The SMILES string of the molecule is CC[C@@H]1CN(C(=O)CCN2Cc3ccccc3C2=O)CC[C@]1(C)O. The number of aliphatic hydroxyl groups is 1. The fourth-order valence-electron chi connectivity index (χ4n) is 3.80. The summed E-state index contributed by atoms with van der Waals surface area (Å²) in [5.41, 5.74) is 1.11. The minimum absolute atomic E-state index is 0.0198. The summed E-state index contributed by atoms with van der Waals surface area (Å²) < 4.78 is 0. The van der Waals surface area contributed by atoms with Crippen LogP contribution in [0.4, 0.5) is 0 Å². The normalized spacial score (nSPS) is 26.6. The van der Waals surface area contributed by atoms with Crippen molar-refractivity contribution in [1.29, 1.82) is 0 Å². The molecule has 5 heteroatoms. The van der Waals surface area contributed by atoms with Crippen LogP contribution in [0.15, 0.2) is 24.3 Å². The smallest absolute Gasteiger partial charge is 0.254 e. The van der Waals surface area contributed by atoms with E-state index in [-0.39, 0.29) is 17.7 Å². The summed E-state index contributed by atoms with van der Waals surface area (Å²) in [6, 6.07) is 7.62. The summed E-state index contributed by atoms with van der Waals surface area (Å²) in [6.07, 6.45) is 1.82.